The molecular formula is C15H24N2O. The van der Waals surface area contributed by atoms with Crippen LogP contribution in [0.25, 0.3) is 0 Å². The van der Waals surface area contributed by atoms with Gasteiger partial charge in [0.15, 0.2) is 0 Å². The number of benzene rings is 1. The Morgan fingerprint density at radius 2 is 2.28 bits per heavy atom. The van der Waals surface area contributed by atoms with Crippen LogP contribution >= 0.6 is 0 Å². The highest BCUT2D eigenvalue weighted by molar-refractivity contribution is 5.53. The lowest BCUT2D eigenvalue weighted by molar-refractivity contribution is 0.0576. The number of nitrogens with zero attached hydrogens (tertiary/aromatic N) is 1. The van der Waals surface area contributed by atoms with E-state index in [1.807, 2.05) is 0 Å². The second-order valence-corrected chi connectivity index (χ2v) is 5.29. The standard InChI is InChI=1S/C15H24N2O/c1-12-8-13(9-16)5-6-15(12)17(2)10-14-4-3-7-18-11-14/h5-6,8,14H,3-4,7,9-11,16H2,1-2H3. The van der Waals surface area contributed by atoms with Crippen LogP contribution in [0.1, 0.15) is 24.0 Å². The molecule has 0 radical (unpaired) electrons. The molecule has 2 rings (SSSR count). The maximum Gasteiger partial charge on any atom is 0.0511 e. The van der Waals surface area contributed by atoms with Crippen LogP contribution < -0.4 is 10.6 Å². The van der Waals surface area contributed by atoms with Crippen LogP contribution in [-0.4, -0.2) is 26.8 Å². The fourth-order valence-corrected chi connectivity index (χ4v) is 2.71. The third-order valence-corrected chi connectivity index (χ3v) is 3.69. The summed E-state index contributed by atoms with van der Waals surface area (Å²) < 4.78 is 5.54. The molecule has 0 spiro atoms. The second kappa shape index (κ2) is 6.21. The maximum atomic E-state index is 5.66. The lowest BCUT2D eigenvalue weighted by atomic mass is 10.0. The topological polar surface area (TPSA) is 38.5 Å². The highest BCUT2D eigenvalue weighted by Crippen LogP contribution is 2.23. The number of rotatable bonds is 4. The van der Waals surface area contributed by atoms with Gasteiger partial charge in [-0.05, 0) is 42.9 Å². The zero-order valence-electron chi connectivity index (χ0n) is 11.5. The highest BCUT2D eigenvalue weighted by atomic mass is 16.5. The molecule has 1 aromatic carbocycles. The smallest absolute Gasteiger partial charge is 0.0511 e. The van der Waals surface area contributed by atoms with Gasteiger partial charge in [-0.2, -0.15) is 0 Å². The van der Waals surface area contributed by atoms with Crippen molar-refractivity contribution in [1.29, 1.82) is 0 Å². The zero-order chi connectivity index (χ0) is 13.0. The maximum absolute atomic E-state index is 5.66. The number of nitrogens with two attached hydrogens (primary N) is 1. The molecule has 1 fully saturated rings. The van der Waals surface area contributed by atoms with Crippen LogP contribution in [0.2, 0.25) is 0 Å². The number of anilines is 1. The zero-order valence-corrected chi connectivity index (χ0v) is 11.5. The lowest BCUT2D eigenvalue weighted by Crippen LogP contribution is -2.31. The Balaban J connectivity index is 2.01. The normalized spacial score (nSPS) is 19.8. The third kappa shape index (κ3) is 3.24. The van der Waals surface area contributed by atoms with Crippen molar-refractivity contribution in [2.45, 2.75) is 26.3 Å². The van der Waals surface area contributed by atoms with Crippen LogP contribution in [0.5, 0.6) is 0 Å². The molecule has 1 unspecified atom stereocenters. The van der Waals surface area contributed by atoms with Crippen molar-refractivity contribution in [3.63, 3.8) is 0 Å². The molecule has 1 saturated heterocycles. The van der Waals surface area contributed by atoms with Gasteiger partial charge in [0.1, 0.15) is 0 Å². The fraction of sp³-hybridized carbons (Fsp3) is 0.600. The average molecular weight is 248 g/mol. The average Bonchev–Trinajstić information content (AvgIpc) is 2.39. The molecular weight excluding hydrogens is 224 g/mol. The van der Waals surface area contributed by atoms with Gasteiger partial charge in [-0.25, -0.2) is 0 Å². The molecule has 1 atom stereocenters. The van der Waals surface area contributed by atoms with E-state index in [1.165, 1.54) is 29.7 Å². The van der Waals surface area contributed by atoms with E-state index in [4.69, 9.17) is 10.5 Å². The van der Waals surface area contributed by atoms with Gasteiger partial charge in [0.2, 0.25) is 0 Å². The SMILES string of the molecule is Cc1cc(CN)ccc1N(C)CC1CCCOC1. The van der Waals surface area contributed by atoms with Crippen LogP contribution in [-0.2, 0) is 11.3 Å². The van der Waals surface area contributed by atoms with Crippen molar-refractivity contribution in [1.82, 2.24) is 0 Å². The fourth-order valence-electron chi connectivity index (χ4n) is 2.71. The first-order valence-electron chi connectivity index (χ1n) is 6.79. The summed E-state index contributed by atoms with van der Waals surface area (Å²) in [6.45, 7) is 5.68. The molecule has 0 amide bonds. The van der Waals surface area contributed by atoms with Crippen molar-refractivity contribution in [3.05, 3.63) is 29.3 Å². The molecule has 3 nitrogen and oxygen atoms in total. The Bertz CT molecular complexity index is 386. The minimum atomic E-state index is 0.612. The van der Waals surface area contributed by atoms with Crippen LogP contribution in [0.4, 0.5) is 5.69 Å². The summed E-state index contributed by atoms with van der Waals surface area (Å²) in [6, 6.07) is 6.49. The largest absolute Gasteiger partial charge is 0.381 e. The Morgan fingerprint density at radius 3 is 2.89 bits per heavy atom. The molecule has 18 heavy (non-hydrogen) atoms. The summed E-state index contributed by atoms with van der Waals surface area (Å²) in [5, 5.41) is 0. The van der Waals surface area contributed by atoms with Crippen LogP contribution in [0.15, 0.2) is 18.2 Å². The van der Waals surface area contributed by atoms with E-state index < -0.39 is 0 Å². The minimum Gasteiger partial charge on any atom is -0.381 e. The molecule has 1 aromatic rings. The molecule has 0 aromatic heterocycles. The number of hydrogen-bond donors (Lipinski definition) is 1. The van der Waals surface area contributed by atoms with Crippen molar-refractivity contribution in [3.8, 4) is 0 Å². The predicted octanol–water partition coefficient (Wildman–Crippen LogP) is 2.32. The minimum absolute atomic E-state index is 0.612. The summed E-state index contributed by atoms with van der Waals surface area (Å²) in [5.74, 6) is 0.664. The van der Waals surface area contributed by atoms with E-state index in [1.54, 1.807) is 0 Å². The number of hydrogen-bond acceptors (Lipinski definition) is 3. The summed E-state index contributed by atoms with van der Waals surface area (Å²) in [6.07, 6.45) is 2.48. The summed E-state index contributed by atoms with van der Waals surface area (Å²) in [5.41, 5.74) is 9.47. The van der Waals surface area contributed by atoms with Gasteiger partial charge in [-0.1, -0.05) is 12.1 Å². The highest BCUT2D eigenvalue weighted by Gasteiger charge is 2.16. The molecule has 1 aliphatic heterocycles. The van der Waals surface area contributed by atoms with E-state index in [0.717, 1.165) is 19.8 Å². The molecule has 1 heterocycles. The van der Waals surface area contributed by atoms with E-state index >= 15 is 0 Å². The van der Waals surface area contributed by atoms with Crippen molar-refractivity contribution >= 4 is 5.69 Å². The van der Waals surface area contributed by atoms with E-state index in [2.05, 4.69) is 37.1 Å². The molecule has 0 aliphatic carbocycles. The monoisotopic (exact) mass is 248 g/mol. The van der Waals surface area contributed by atoms with Crippen molar-refractivity contribution in [2.24, 2.45) is 11.7 Å². The first kappa shape index (κ1) is 13.4. The summed E-state index contributed by atoms with van der Waals surface area (Å²) in [7, 11) is 2.17. The Labute approximate surface area is 110 Å². The van der Waals surface area contributed by atoms with Crippen LogP contribution in [0, 0.1) is 12.8 Å². The molecule has 100 valence electrons. The third-order valence-electron chi connectivity index (χ3n) is 3.69. The van der Waals surface area contributed by atoms with Gasteiger partial charge in [0, 0.05) is 32.4 Å². The molecule has 0 saturated carbocycles. The Hall–Kier alpha value is -1.06. The second-order valence-electron chi connectivity index (χ2n) is 5.29. The molecule has 2 N–H and O–H groups in total. The summed E-state index contributed by atoms with van der Waals surface area (Å²) >= 11 is 0. The van der Waals surface area contributed by atoms with Crippen LogP contribution in [0.3, 0.4) is 0 Å². The van der Waals surface area contributed by atoms with Gasteiger partial charge >= 0.3 is 0 Å². The quantitative estimate of drug-likeness (QED) is 0.888. The first-order valence-corrected chi connectivity index (χ1v) is 6.79. The van der Waals surface area contributed by atoms with E-state index in [0.29, 0.717) is 12.5 Å². The van der Waals surface area contributed by atoms with Gasteiger partial charge in [0.05, 0.1) is 6.61 Å². The first-order chi connectivity index (χ1) is 8.70. The number of ether oxygens (including phenoxy) is 1. The Kier molecular flexibility index (Phi) is 4.61. The van der Waals surface area contributed by atoms with Gasteiger partial charge in [0.25, 0.3) is 0 Å². The lowest BCUT2D eigenvalue weighted by Gasteiger charge is -2.29. The van der Waals surface area contributed by atoms with E-state index in [-0.39, 0.29) is 0 Å². The predicted molar refractivity (Wildman–Crippen MR) is 75.9 cm³/mol. The van der Waals surface area contributed by atoms with Gasteiger partial charge in [-0.15, -0.1) is 0 Å². The van der Waals surface area contributed by atoms with Gasteiger partial charge < -0.3 is 15.4 Å². The molecule has 1 aliphatic rings. The molecule has 3 heteroatoms. The number of aryl methyl sites for hydroxylation is 1. The van der Waals surface area contributed by atoms with Gasteiger partial charge in [-0.3, -0.25) is 0 Å². The van der Waals surface area contributed by atoms with E-state index in [9.17, 15) is 0 Å². The van der Waals surface area contributed by atoms with Crippen molar-refractivity contribution < 1.29 is 4.74 Å². The van der Waals surface area contributed by atoms with Crippen molar-refractivity contribution in [2.75, 3.05) is 31.7 Å². The molecule has 0 bridgehead atoms. The summed E-state index contributed by atoms with van der Waals surface area (Å²) in [4.78, 5) is 2.34. The Morgan fingerprint density at radius 1 is 1.44 bits per heavy atom.